The number of methoxy groups -OCH3 is 2. The van der Waals surface area contributed by atoms with Crippen LogP contribution in [0.15, 0.2) is 24.5 Å². The Hall–Kier alpha value is -4.31. The minimum Gasteiger partial charge on any atom is -0.493 e. The van der Waals surface area contributed by atoms with Gasteiger partial charge in [0.15, 0.2) is 17.3 Å². The number of ether oxygens (including phenoxy) is 2. The first kappa shape index (κ1) is 30.6. The van der Waals surface area contributed by atoms with Crippen molar-refractivity contribution in [2.24, 2.45) is 5.92 Å². The molecule has 42 heavy (non-hydrogen) atoms. The summed E-state index contributed by atoms with van der Waals surface area (Å²) in [7, 11) is 2.42. The molecule has 2 aromatic heterocycles. The Morgan fingerprint density at radius 3 is 2.40 bits per heavy atom. The third-order valence-electron chi connectivity index (χ3n) is 6.86. The van der Waals surface area contributed by atoms with Gasteiger partial charge in [-0.2, -0.15) is 31.4 Å². The summed E-state index contributed by atoms with van der Waals surface area (Å²) in [4.78, 5) is 30.2. The number of amides is 2. The lowest BCUT2D eigenvalue weighted by atomic mass is 10.0. The van der Waals surface area contributed by atoms with Crippen LogP contribution < -0.4 is 20.5 Å². The number of rotatable bonds is 7. The number of nitrogens with two attached hydrogens (primary N) is 1. The average molecular weight is 606 g/mol. The van der Waals surface area contributed by atoms with Crippen molar-refractivity contribution in [3.8, 4) is 22.8 Å². The summed E-state index contributed by atoms with van der Waals surface area (Å²) in [6, 6.07) is 1.95. The van der Waals surface area contributed by atoms with Crippen LogP contribution in [0.25, 0.3) is 16.8 Å². The normalized spacial score (nSPS) is 18.3. The van der Waals surface area contributed by atoms with E-state index in [1.807, 2.05) is 0 Å². The largest absolute Gasteiger partial charge is 0.493 e. The van der Waals surface area contributed by atoms with E-state index in [-0.39, 0.29) is 28.3 Å². The second kappa shape index (κ2) is 11.2. The smallest absolute Gasteiger partial charge is 0.418 e. The van der Waals surface area contributed by atoms with Crippen LogP contribution in [-0.2, 0) is 11.0 Å². The third-order valence-corrected chi connectivity index (χ3v) is 6.86. The van der Waals surface area contributed by atoms with Crippen LogP contribution in [0.1, 0.15) is 29.3 Å². The highest BCUT2D eigenvalue weighted by Gasteiger charge is 2.42. The number of hydrogen-bond acceptors (Lipinski definition) is 7. The number of anilines is 1. The van der Waals surface area contributed by atoms with Crippen molar-refractivity contribution in [3.63, 3.8) is 0 Å². The van der Waals surface area contributed by atoms with Crippen molar-refractivity contribution in [2.45, 2.75) is 37.9 Å². The average Bonchev–Trinajstić information content (AvgIpc) is 3.49. The van der Waals surface area contributed by atoms with Gasteiger partial charge in [0.2, 0.25) is 5.91 Å². The molecule has 2 amide bonds. The van der Waals surface area contributed by atoms with Crippen LogP contribution in [0.2, 0.25) is 0 Å². The Kier molecular flexibility index (Phi) is 8.15. The number of benzene rings is 1. The van der Waals surface area contributed by atoms with Crippen molar-refractivity contribution >= 4 is 23.1 Å². The van der Waals surface area contributed by atoms with Gasteiger partial charge >= 0.3 is 12.4 Å². The zero-order valence-electron chi connectivity index (χ0n) is 22.3. The number of alkyl halides is 7. The van der Waals surface area contributed by atoms with Crippen LogP contribution in [0, 0.1) is 5.92 Å². The second-order valence-electron chi connectivity index (χ2n) is 9.65. The number of carbonyl (C=O) groups excluding carboxylic acids is 2. The molecule has 1 aromatic carbocycles. The Labute approximate surface area is 233 Å². The van der Waals surface area contributed by atoms with Gasteiger partial charge in [-0.05, 0) is 18.2 Å². The zero-order valence-corrected chi connectivity index (χ0v) is 22.3. The fraction of sp³-hybridized carbons (Fsp3) is 0.440. The summed E-state index contributed by atoms with van der Waals surface area (Å²) in [6.45, 7) is -0.102. The molecule has 1 unspecified atom stereocenters. The molecule has 3 aromatic rings. The molecule has 228 valence electrons. The minimum atomic E-state index is -4.83. The fourth-order valence-electron chi connectivity index (χ4n) is 4.63. The van der Waals surface area contributed by atoms with Gasteiger partial charge in [0.25, 0.3) is 5.91 Å². The minimum absolute atomic E-state index is 0.0163. The van der Waals surface area contributed by atoms with Gasteiger partial charge in [-0.25, -0.2) is 13.9 Å². The molecule has 0 aliphatic carbocycles. The lowest BCUT2D eigenvalue weighted by Gasteiger charge is -2.21. The summed E-state index contributed by atoms with van der Waals surface area (Å²) in [6.07, 6.45) is -11.2. The lowest BCUT2D eigenvalue weighted by molar-refractivity contribution is -0.176. The van der Waals surface area contributed by atoms with Crippen LogP contribution in [0.5, 0.6) is 11.5 Å². The molecular weight excluding hydrogens is 581 g/mol. The van der Waals surface area contributed by atoms with Crippen molar-refractivity contribution in [2.75, 3.05) is 33.0 Å². The molecule has 1 fully saturated rings. The molecule has 1 aliphatic heterocycles. The number of hydrogen-bond donors (Lipinski definition) is 2. The van der Waals surface area contributed by atoms with E-state index >= 15 is 0 Å². The first-order valence-electron chi connectivity index (χ1n) is 12.3. The number of nitrogens with zero attached hydrogens (tertiary/aromatic N) is 4. The number of nitrogens with one attached hydrogen (secondary N) is 1. The maximum Gasteiger partial charge on any atom is 0.418 e. The third kappa shape index (κ3) is 5.85. The van der Waals surface area contributed by atoms with Crippen molar-refractivity contribution < 1.29 is 49.8 Å². The van der Waals surface area contributed by atoms with Gasteiger partial charge in [0.1, 0.15) is 18.0 Å². The summed E-state index contributed by atoms with van der Waals surface area (Å²) >= 11 is 0. The number of likely N-dealkylation sites (tertiary alicyclic amines) is 1. The van der Waals surface area contributed by atoms with E-state index in [0.29, 0.717) is 0 Å². The summed E-state index contributed by atoms with van der Waals surface area (Å²) in [5.41, 5.74) is 3.68. The Morgan fingerprint density at radius 2 is 1.81 bits per heavy atom. The molecule has 0 saturated carbocycles. The van der Waals surface area contributed by atoms with E-state index < -0.39 is 78.7 Å². The van der Waals surface area contributed by atoms with Crippen LogP contribution >= 0.6 is 0 Å². The lowest BCUT2D eigenvalue weighted by Crippen LogP contribution is -2.42. The van der Waals surface area contributed by atoms with Gasteiger partial charge in [0, 0.05) is 18.5 Å². The van der Waals surface area contributed by atoms with Gasteiger partial charge in [-0.3, -0.25) is 9.59 Å². The number of halogens is 7. The summed E-state index contributed by atoms with van der Waals surface area (Å²) in [5, 5.41) is 6.27. The molecule has 1 aliphatic rings. The monoisotopic (exact) mass is 606 g/mol. The van der Waals surface area contributed by atoms with E-state index in [1.165, 1.54) is 26.4 Å². The molecule has 3 atom stereocenters. The summed E-state index contributed by atoms with van der Waals surface area (Å²) in [5.74, 6) is -4.45. The zero-order chi connectivity index (χ0) is 31.1. The standard InChI is InChI=1S/C25H25F7N6O4/c1-11(24(27,28)29)4-19(39)37-8-15(26)16(9-37)36-23(40)13-5-12(6-18(41-2)21(13)42-3)17-7-14(25(30,31)32)20-22(33)34-10-35-38(17)20/h5-7,10-11,15-16H,4,8-9H2,1-3H3,(H,36,40)(H2,33,34,35)/t11?,15-,16+/m0/s1. The van der Waals surface area contributed by atoms with Crippen molar-refractivity contribution in [1.82, 2.24) is 24.8 Å². The Morgan fingerprint density at radius 1 is 1.12 bits per heavy atom. The fourth-order valence-corrected chi connectivity index (χ4v) is 4.63. The number of carbonyl (C=O) groups is 2. The van der Waals surface area contributed by atoms with Gasteiger partial charge < -0.3 is 25.4 Å². The van der Waals surface area contributed by atoms with E-state index in [1.54, 1.807) is 0 Å². The van der Waals surface area contributed by atoms with Gasteiger partial charge in [-0.15, -0.1) is 0 Å². The van der Waals surface area contributed by atoms with Crippen LogP contribution in [0.4, 0.5) is 36.6 Å². The molecule has 3 heterocycles. The Balaban J connectivity index is 1.68. The van der Waals surface area contributed by atoms with E-state index in [2.05, 4.69) is 15.4 Å². The molecule has 0 radical (unpaired) electrons. The topological polar surface area (TPSA) is 124 Å². The molecule has 10 nitrogen and oxygen atoms in total. The number of aromatic nitrogens is 3. The van der Waals surface area contributed by atoms with Crippen molar-refractivity contribution in [3.05, 3.63) is 35.7 Å². The molecule has 17 heteroatoms. The molecule has 3 N–H and O–H groups in total. The predicted molar refractivity (Wildman–Crippen MR) is 134 cm³/mol. The molecule has 0 spiro atoms. The molecule has 4 rings (SSSR count). The highest BCUT2D eigenvalue weighted by atomic mass is 19.4. The number of fused-ring (bicyclic) bond motifs is 1. The Bertz CT molecular complexity index is 1510. The molecule has 1 saturated heterocycles. The van der Waals surface area contributed by atoms with E-state index in [0.717, 1.165) is 28.7 Å². The highest BCUT2D eigenvalue weighted by molar-refractivity contribution is 6.00. The van der Waals surface area contributed by atoms with Gasteiger partial charge in [-0.1, -0.05) is 6.92 Å². The maximum absolute atomic E-state index is 14.8. The number of nitrogen functional groups attached to an aromatic ring is 1. The van der Waals surface area contributed by atoms with Crippen LogP contribution in [-0.4, -0.2) is 77.0 Å². The molecule has 0 bridgehead atoms. The maximum atomic E-state index is 14.8. The predicted octanol–water partition coefficient (Wildman–Crippen LogP) is 3.88. The second-order valence-corrected chi connectivity index (χ2v) is 9.65. The summed E-state index contributed by atoms with van der Waals surface area (Å²) < 4.78 is 106. The van der Waals surface area contributed by atoms with E-state index in [4.69, 9.17) is 15.2 Å². The van der Waals surface area contributed by atoms with E-state index in [9.17, 15) is 40.3 Å². The first-order valence-corrected chi connectivity index (χ1v) is 12.3. The molecular formula is C25H25F7N6O4. The SMILES string of the molecule is COc1cc(-c2cc(C(F)(F)F)c3c(N)ncnn23)cc(C(=O)N[C@@H]2CN(C(=O)CC(C)C(F)(F)F)C[C@@H]2F)c1OC. The first-order chi connectivity index (χ1) is 19.6. The van der Waals surface area contributed by atoms with Crippen molar-refractivity contribution in [1.29, 1.82) is 0 Å². The highest BCUT2D eigenvalue weighted by Crippen LogP contribution is 2.41. The quantitative estimate of drug-likeness (QED) is 0.392. The van der Waals surface area contributed by atoms with Gasteiger partial charge in [0.05, 0.1) is 49.5 Å². The van der Waals surface area contributed by atoms with Crippen LogP contribution in [0.3, 0.4) is 0 Å².